The molecule has 2 nitrogen and oxygen atoms in total. The van der Waals surface area contributed by atoms with Crippen molar-refractivity contribution < 1.29 is 9.53 Å². The molecule has 262 valence electrons. The van der Waals surface area contributed by atoms with Gasteiger partial charge in [-0.25, -0.2) is 0 Å². The lowest BCUT2D eigenvalue weighted by Gasteiger charge is -2.58. The smallest absolute Gasteiger partial charge is 0.306 e. The van der Waals surface area contributed by atoms with E-state index in [1.54, 1.807) is 5.57 Å². The molecule has 3 fully saturated rings. The minimum absolute atomic E-state index is 0.0361. The van der Waals surface area contributed by atoms with Crippen LogP contribution in [0, 0.1) is 52.3 Å². The number of fused-ring (bicyclic) bond motifs is 5. The number of carbonyl (C=O) groups is 1. The third-order valence-electron chi connectivity index (χ3n) is 14.2. The maximum atomic E-state index is 12.8. The highest BCUT2D eigenvalue weighted by Gasteiger charge is 2.59. The summed E-state index contributed by atoms with van der Waals surface area (Å²) >= 11 is 0. The minimum atomic E-state index is 0.0361. The topological polar surface area (TPSA) is 26.3 Å². The molecule has 0 aromatic carbocycles. The first-order chi connectivity index (χ1) is 22.1. The normalized spacial score (nSPS) is 33.9. The van der Waals surface area contributed by atoms with E-state index in [0.29, 0.717) is 17.3 Å². The summed E-state index contributed by atoms with van der Waals surface area (Å²) in [5.74, 6) is 6.04. The summed E-state index contributed by atoms with van der Waals surface area (Å²) in [6.45, 7) is 17.4. The van der Waals surface area contributed by atoms with Gasteiger partial charge in [0, 0.05) is 12.8 Å². The predicted octanol–water partition coefficient (Wildman–Crippen LogP) is 13.2. The van der Waals surface area contributed by atoms with Crippen molar-refractivity contribution in [3.8, 4) is 0 Å². The van der Waals surface area contributed by atoms with E-state index >= 15 is 0 Å². The maximum Gasteiger partial charge on any atom is 0.306 e. The van der Waals surface area contributed by atoms with Crippen LogP contribution in [0.4, 0.5) is 0 Å². The van der Waals surface area contributed by atoms with Crippen molar-refractivity contribution in [2.75, 3.05) is 0 Å². The van der Waals surface area contributed by atoms with E-state index in [0.717, 1.165) is 86.4 Å². The van der Waals surface area contributed by atoms with Crippen molar-refractivity contribution in [3.05, 3.63) is 36.0 Å². The zero-order valence-corrected chi connectivity index (χ0v) is 31.5. The van der Waals surface area contributed by atoms with Crippen LogP contribution in [-0.4, -0.2) is 12.1 Å². The molecule has 4 aliphatic carbocycles. The maximum absolute atomic E-state index is 12.8. The second-order valence-corrected chi connectivity index (χ2v) is 17.4. The Morgan fingerprint density at radius 1 is 0.870 bits per heavy atom. The second-order valence-electron chi connectivity index (χ2n) is 17.4. The van der Waals surface area contributed by atoms with E-state index in [1.807, 2.05) is 0 Å². The molecule has 0 aliphatic heterocycles. The van der Waals surface area contributed by atoms with Crippen molar-refractivity contribution in [2.24, 2.45) is 52.3 Å². The van der Waals surface area contributed by atoms with Crippen LogP contribution in [0.15, 0.2) is 36.0 Å². The van der Waals surface area contributed by atoms with Crippen molar-refractivity contribution in [1.82, 2.24) is 0 Å². The van der Waals surface area contributed by atoms with Crippen LogP contribution < -0.4 is 0 Å². The zero-order valence-electron chi connectivity index (χ0n) is 31.5. The monoisotopic (exact) mass is 635 g/mol. The summed E-state index contributed by atoms with van der Waals surface area (Å²) in [4.78, 5) is 12.8. The van der Waals surface area contributed by atoms with Gasteiger partial charge in [-0.05, 0) is 136 Å². The molecule has 4 aliphatic rings. The van der Waals surface area contributed by atoms with Gasteiger partial charge in [0.05, 0.1) is 0 Å². The summed E-state index contributed by atoms with van der Waals surface area (Å²) in [5.41, 5.74) is 2.49. The molecule has 3 saturated carbocycles. The number of hydrogen-bond donors (Lipinski definition) is 0. The summed E-state index contributed by atoms with van der Waals surface area (Å²) < 4.78 is 6.11. The molecular formula is C44H74O2. The highest BCUT2D eigenvalue weighted by molar-refractivity contribution is 5.69. The Bertz CT molecular complexity index is 1020. The Morgan fingerprint density at radius 2 is 1.61 bits per heavy atom. The Kier molecular flexibility index (Phi) is 14.6. The minimum Gasteiger partial charge on any atom is -0.462 e. The van der Waals surface area contributed by atoms with Crippen LogP contribution in [0.25, 0.3) is 0 Å². The van der Waals surface area contributed by atoms with Crippen LogP contribution in [-0.2, 0) is 9.53 Å². The molecule has 0 aromatic heterocycles. The Morgan fingerprint density at radius 3 is 2.33 bits per heavy atom. The van der Waals surface area contributed by atoms with Gasteiger partial charge in [0.25, 0.3) is 0 Å². The van der Waals surface area contributed by atoms with Gasteiger partial charge >= 0.3 is 5.97 Å². The molecule has 0 N–H and O–H groups in total. The van der Waals surface area contributed by atoms with Crippen molar-refractivity contribution >= 4 is 5.97 Å². The van der Waals surface area contributed by atoms with E-state index in [9.17, 15) is 4.79 Å². The largest absolute Gasteiger partial charge is 0.462 e. The molecule has 0 aromatic rings. The Hall–Kier alpha value is -1.31. The lowest BCUT2D eigenvalue weighted by atomic mass is 9.47. The number of unbranched alkanes of at least 4 members (excludes halogenated alkanes) is 6. The number of carbonyl (C=O) groups excluding carboxylic acids is 1. The van der Waals surface area contributed by atoms with E-state index < -0.39 is 0 Å². The van der Waals surface area contributed by atoms with E-state index in [2.05, 4.69) is 78.8 Å². The standard InChI is InChI=1S/C44H74O2/c1-8-9-10-11-12-13-14-15-16-17-18-19-20-21-42(45)46-37-28-30-43(6)36(32-37)24-25-38-40-27-26-39(44(40,7)31-29-41(38)43)35(5)23-22-34(4)33(2)3/h12-13,15-16,24,33-35,37-41H,8-11,14,17-23,25-32H2,1-7H3/b13-12-,16-15-/t34-,35-,37+,38+,39-,40+,41+,43+,44-/m1/s1. The van der Waals surface area contributed by atoms with E-state index in [4.69, 9.17) is 4.74 Å². The van der Waals surface area contributed by atoms with Crippen molar-refractivity contribution in [2.45, 2.75) is 183 Å². The van der Waals surface area contributed by atoms with Gasteiger partial charge < -0.3 is 4.74 Å². The number of rotatable bonds is 18. The molecule has 0 saturated heterocycles. The van der Waals surface area contributed by atoms with Crippen LogP contribution in [0.3, 0.4) is 0 Å². The van der Waals surface area contributed by atoms with E-state index in [1.165, 1.54) is 77.0 Å². The molecule has 9 atom stereocenters. The molecule has 0 amide bonds. The Labute approximate surface area is 286 Å². The van der Waals surface area contributed by atoms with Gasteiger partial charge in [0.1, 0.15) is 6.10 Å². The fourth-order valence-corrected chi connectivity index (χ4v) is 10.7. The highest BCUT2D eigenvalue weighted by Crippen LogP contribution is 2.67. The average molecular weight is 635 g/mol. The van der Waals surface area contributed by atoms with Gasteiger partial charge in [0.15, 0.2) is 0 Å². The van der Waals surface area contributed by atoms with Gasteiger partial charge in [0.2, 0.25) is 0 Å². The summed E-state index contributed by atoms with van der Waals surface area (Å²) in [6.07, 6.45) is 36.2. The first-order valence-corrected chi connectivity index (χ1v) is 20.3. The first-order valence-electron chi connectivity index (χ1n) is 20.3. The summed E-state index contributed by atoms with van der Waals surface area (Å²) in [5, 5.41) is 0. The van der Waals surface area contributed by atoms with Crippen molar-refractivity contribution in [3.63, 3.8) is 0 Å². The van der Waals surface area contributed by atoms with Crippen LogP contribution in [0.1, 0.15) is 177 Å². The lowest BCUT2D eigenvalue weighted by molar-refractivity contribution is -0.151. The summed E-state index contributed by atoms with van der Waals surface area (Å²) in [6, 6.07) is 0. The molecule has 0 unspecified atom stereocenters. The molecular weight excluding hydrogens is 560 g/mol. The number of allylic oxidation sites excluding steroid dienone is 5. The number of ether oxygens (including phenoxy) is 1. The van der Waals surface area contributed by atoms with Gasteiger partial charge in [-0.3, -0.25) is 4.79 Å². The highest BCUT2D eigenvalue weighted by atomic mass is 16.5. The fourth-order valence-electron chi connectivity index (χ4n) is 10.7. The SMILES string of the molecule is CCCCC/C=C\C/C=C\CCCCCC(=O)O[C@H]1CC[C@@]2(C)C(=CC[C@H]3[C@@H]4CC[C@H]([C@H](C)CC[C@@H](C)C(C)C)[C@@]4(C)CC[C@@H]32)C1. The molecule has 4 rings (SSSR count). The summed E-state index contributed by atoms with van der Waals surface area (Å²) in [7, 11) is 0. The average Bonchev–Trinajstić information content (AvgIpc) is 3.39. The second kappa shape index (κ2) is 17.9. The van der Waals surface area contributed by atoms with Gasteiger partial charge in [-0.2, -0.15) is 0 Å². The van der Waals surface area contributed by atoms with Crippen molar-refractivity contribution in [1.29, 1.82) is 0 Å². The fraction of sp³-hybridized carbons (Fsp3) is 0.841. The third-order valence-corrected chi connectivity index (χ3v) is 14.2. The molecule has 0 bridgehead atoms. The molecule has 0 heterocycles. The molecule has 0 spiro atoms. The number of hydrogen-bond acceptors (Lipinski definition) is 2. The molecule has 2 heteroatoms. The first kappa shape index (κ1) is 37.5. The van der Waals surface area contributed by atoms with Gasteiger partial charge in [-0.15, -0.1) is 0 Å². The molecule has 0 radical (unpaired) electrons. The quantitative estimate of drug-likeness (QED) is 0.0852. The van der Waals surface area contributed by atoms with Crippen LogP contribution in [0.2, 0.25) is 0 Å². The third kappa shape index (κ3) is 9.43. The molecule has 46 heavy (non-hydrogen) atoms. The Balaban J connectivity index is 1.18. The van der Waals surface area contributed by atoms with E-state index in [-0.39, 0.29) is 12.1 Å². The number of esters is 1. The lowest BCUT2D eigenvalue weighted by Crippen LogP contribution is -2.51. The zero-order chi connectivity index (χ0) is 33.2. The van der Waals surface area contributed by atoms with Gasteiger partial charge in [-0.1, -0.05) is 117 Å². The predicted molar refractivity (Wildman–Crippen MR) is 198 cm³/mol. The van der Waals surface area contributed by atoms with Crippen LogP contribution in [0.5, 0.6) is 0 Å². The van der Waals surface area contributed by atoms with Crippen LogP contribution >= 0.6 is 0 Å².